The van der Waals surface area contributed by atoms with E-state index in [0.29, 0.717) is 10.4 Å². The zero-order chi connectivity index (χ0) is 17.7. The summed E-state index contributed by atoms with van der Waals surface area (Å²) in [6, 6.07) is 12.3. The van der Waals surface area contributed by atoms with E-state index < -0.39 is 10.9 Å². The molecule has 0 bridgehead atoms. The summed E-state index contributed by atoms with van der Waals surface area (Å²) in [6.07, 6.45) is 1.48. The van der Waals surface area contributed by atoms with E-state index in [4.69, 9.17) is 16.7 Å². The number of phenols is 1. The van der Waals surface area contributed by atoms with Crippen LogP contribution in [0.4, 0.5) is 5.69 Å². The van der Waals surface area contributed by atoms with Crippen LogP contribution >= 0.6 is 11.6 Å². The van der Waals surface area contributed by atoms with Crippen LogP contribution in [0.25, 0.3) is 10.9 Å². The fraction of sp³-hybridized carbons (Fsp3) is 0. The van der Waals surface area contributed by atoms with Crippen molar-refractivity contribution in [3.63, 3.8) is 0 Å². The maximum Gasteiger partial charge on any atom is 0.335 e. The average molecular weight is 347 g/mol. The van der Waals surface area contributed by atoms with Crippen molar-refractivity contribution in [1.29, 1.82) is 0 Å². The second-order valence-electron chi connectivity index (χ2n) is 4.58. The number of fused-ring (bicyclic) bond motifs is 1. The molecular formula is C16H11ClN2O5. The Kier molecular flexibility index (Phi) is 5.28. The van der Waals surface area contributed by atoms with Crippen LogP contribution in [0, 0.1) is 10.1 Å². The normalized spacial score (nSPS) is 9.88. The Morgan fingerprint density at radius 2 is 1.79 bits per heavy atom. The molecule has 0 atom stereocenters. The van der Waals surface area contributed by atoms with Gasteiger partial charge in [-0.1, -0.05) is 17.7 Å². The maximum atomic E-state index is 10.5. The second-order valence-corrected chi connectivity index (χ2v) is 5.01. The molecule has 24 heavy (non-hydrogen) atoms. The van der Waals surface area contributed by atoms with E-state index in [0.717, 1.165) is 0 Å². The summed E-state index contributed by atoms with van der Waals surface area (Å²) in [5, 5.41) is 29.7. The van der Waals surface area contributed by atoms with Gasteiger partial charge in [0.15, 0.2) is 0 Å². The minimum atomic E-state index is -0.934. The van der Waals surface area contributed by atoms with Crippen molar-refractivity contribution in [2.75, 3.05) is 0 Å². The molecule has 3 rings (SSSR count). The van der Waals surface area contributed by atoms with Gasteiger partial charge in [-0.05, 0) is 36.4 Å². The van der Waals surface area contributed by atoms with Crippen LogP contribution in [-0.4, -0.2) is 26.1 Å². The molecule has 2 aromatic carbocycles. The molecule has 2 N–H and O–H groups in total. The summed E-state index contributed by atoms with van der Waals surface area (Å²) >= 11 is 5.52. The fourth-order valence-corrected chi connectivity index (χ4v) is 1.98. The van der Waals surface area contributed by atoms with E-state index in [1.807, 2.05) is 0 Å². The van der Waals surface area contributed by atoms with Crippen LogP contribution in [-0.2, 0) is 0 Å². The molecule has 0 spiro atoms. The number of carboxylic acids is 1. The zero-order valence-corrected chi connectivity index (χ0v) is 12.8. The predicted octanol–water partition coefficient (Wildman–Crippen LogP) is 3.89. The van der Waals surface area contributed by atoms with Crippen molar-refractivity contribution in [2.24, 2.45) is 0 Å². The zero-order valence-electron chi connectivity index (χ0n) is 12.1. The van der Waals surface area contributed by atoms with Gasteiger partial charge in [-0.3, -0.25) is 15.1 Å². The number of aromatic hydroxyl groups is 1. The van der Waals surface area contributed by atoms with Crippen molar-refractivity contribution < 1.29 is 19.9 Å². The highest BCUT2D eigenvalue weighted by atomic mass is 35.5. The van der Waals surface area contributed by atoms with Crippen molar-refractivity contribution >= 4 is 34.2 Å². The summed E-state index contributed by atoms with van der Waals surface area (Å²) in [5.74, 6) is -1.32. The van der Waals surface area contributed by atoms with Crippen LogP contribution in [0.15, 0.2) is 54.7 Å². The third kappa shape index (κ3) is 3.96. The number of nitro benzene ring substituents is 1. The van der Waals surface area contributed by atoms with E-state index in [9.17, 15) is 20.0 Å². The molecule has 0 aliphatic carbocycles. The molecule has 122 valence electrons. The molecule has 3 aromatic rings. The second kappa shape index (κ2) is 7.38. The predicted molar refractivity (Wildman–Crippen MR) is 88.5 cm³/mol. The van der Waals surface area contributed by atoms with Gasteiger partial charge in [-0.25, -0.2) is 4.79 Å². The molecule has 7 nitrogen and oxygen atoms in total. The third-order valence-electron chi connectivity index (χ3n) is 3.01. The molecule has 0 saturated heterocycles. The highest BCUT2D eigenvalue weighted by Gasteiger charge is 2.15. The fourth-order valence-electron chi connectivity index (χ4n) is 1.86. The summed E-state index contributed by atoms with van der Waals surface area (Å²) in [7, 11) is 0. The summed E-state index contributed by atoms with van der Waals surface area (Å²) in [5.41, 5.74) is 0.183. The minimum absolute atomic E-state index is 0.252. The molecule has 0 amide bonds. The summed E-state index contributed by atoms with van der Waals surface area (Å²) in [6.45, 7) is 0. The molecule has 0 saturated carbocycles. The molecule has 1 aromatic heterocycles. The lowest BCUT2D eigenvalue weighted by Gasteiger charge is -1.99. The number of benzene rings is 2. The van der Waals surface area contributed by atoms with Gasteiger partial charge in [0.25, 0.3) is 0 Å². The Morgan fingerprint density at radius 1 is 1.12 bits per heavy atom. The number of carboxylic acid groups (broad SMARTS) is 1. The first-order valence-electron chi connectivity index (χ1n) is 6.60. The number of phenolic OH excluding ortho intramolecular Hbond substituents is 1. The highest BCUT2D eigenvalue weighted by molar-refractivity contribution is 6.30. The van der Waals surface area contributed by atoms with E-state index in [1.54, 1.807) is 30.3 Å². The number of hydrogen-bond donors (Lipinski definition) is 2. The van der Waals surface area contributed by atoms with Gasteiger partial charge in [0.1, 0.15) is 5.52 Å². The topological polar surface area (TPSA) is 114 Å². The van der Waals surface area contributed by atoms with Crippen molar-refractivity contribution in [1.82, 2.24) is 4.98 Å². The van der Waals surface area contributed by atoms with Gasteiger partial charge < -0.3 is 10.2 Å². The SMILES string of the molecule is O=C(O)c1ccc(Cl)cc1.O=[N+]([O-])c1ccc2cccnc2c1O. The van der Waals surface area contributed by atoms with Crippen LogP contribution in [0.2, 0.25) is 5.02 Å². The number of nitro groups is 1. The third-order valence-corrected chi connectivity index (χ3v) is 3.27. The number of pyridine rings is 1. The Labute approximate surface area is 140 Å². The van der Waals surface area contributed by atoms with Gasteiger partial charge in [-0.2, -0.15) is 0 Å². The Balaban J connectivity index is 0.000000185. The number of nitrogens with zero attached hydrogens (tertiary/aromatic N) is 2. The van der Waals surface area contributed by atoms with Gasteiger partial charge in [0.2, 0.25) is 5.75 Å². The first-order chi connectivity index (χ1) is 11.4. The number of hydrogen-bond acceptors (Lipinski definition) is 5. The lowest BCUT2D eigenvalue weighted by Crippen LogP contribution is -1.94. The molecular weight excluding hydrogens is 336 g/mol. The van der Waals surface area contributed by atoms with Crippen LogP contribution in [0.5, 0.6) is 5.75 Å². The number of carbonyl (C=O) groups is 1. The molecule has 0 unspecified atom stereocenters. The monoisotopic (exact) mass is 346 g/mol. The Bertz CT molecular complexity index is 897. The summed E-state index contributed by atoms with van der Waals surface area (Å²) < 4.78 is 0. The molecule has 0 radical (unpaired) electrons. The van der Waals surface area contributed by atoms with Crippen molar-refractivity contribution in [2.45, 2.75) is 0 Å². The highest BCUT2D eigenvalue weighted by Crippen LogP contribution is 2.32. The first-order valence-corrected chi connectivity index (χ1v) is 6.98. The smallest absolute Gasteiger partial charge is 0.335 e. The largest absolute Gasteiger partial charge is 0.501 e. The lowest BCUT2D eigenvalue weighted by molar-refractivity contribution is -0.385. The van der Waals surface area contributed by atoms with Crippen molar-refractivity contribution in [3.05, 3.63) is 75.4 Å². The van der Waals surface area contributed by atoms with Gasteiger partial charge >= 0.3 is 11.7 Å². The van der Waals surface area contributed by atoms with Crippen LogP contribution < -0.4 is 0 Å². The average Bonchev–Trinajstić information content (AvgIpc) is 2.56. The number of aromatic carboxylic acids is 1. The van der Waals surface area contributed by atoms with E-state index >= 15 is 0 Å². The number of aromatic nitrogens is 1. The molecule has 0 fully saturated rings. The Morgan fingerprint density at radius 3 is 2.38 bits per heavy atom. The lowest BCUT2D eigenvalue weighted by atomic mass is 10.2. The number of rotatable bonds is 2. The summed E-state index contributed by atoms with van der Waals surface area (Å²) in [4.78, 5) is 24.0. The molecule has 0 aliphatic heterocycles. The van der Waals surface area contributed by atoms with E-state index in [-0.39, 0.29) is 22.5 Å². The standard InChI is InChI=1S/C9H6N2O3.C7H5ClO2/c12-9-7(11(13)14)4-3-6-2-1-5-10-8(6)9;8-6-3-1-5(2-4-6)7(9)10/h1-5,12H;1-4H,(H,9,10). The Hall–Kier alpha value is -3.19. The molecule has 0 aliphatic rings. The van der Waals surface area contributed by atoms with Crippen molar-refractivity contribution in [3.8, 4) is 5.75 Å². The van der Waals surface area contributed by atoms with E-state index in [2.05, 4.69) is 4.98 Å². The first kappa shape index (κ1) is 17.2. The quantitative estimate of drug-likeness (QED) is 0.537. The van der Waals surface area contributed by atoms with Gasteiger partial charge in [-0.15, -0.1) is 0 Å². The maximum absolute atomic E-state index is 10.5. The van der Waals surface area contributed by atoms with Gasteiger partial charge in [0.05, 0.1) is 10.5 Å². The van der Waals surface area contributed by atoms with Crippen LogP contribution in [0.3, 0.4) is 0 Å². The minimum Gasteiger partial charge on any atom is -0.501 e. The van der Waals surface area contributed by atoms with Crippen LogP contribution in [0.1, 0.15) is 10.4 Å². The van der Waals surface area contributed by atoms with E-state index in [1.165, 1.54) is 24.4 Å². The van der Waals surface area contributed by atoms with Gasteiger partial charge in [0, 0.05) is 22.7 Å². The molecule has 8 heteroatoms. The number of halogens is 1. The molecule has 1 heterocycles.